The van der Waals surface area contributed by atoms with Crippen LogP contribution in [0.4, 0.5) is 5.82 Å². The van der Waals surface area contributed by atoms with Crippen molar-refractivity contribution in [2.24, 2.45) is 0 Å². The molecular weight excluding hydrogens is 324 g/mol. The lowest BCUT2D eigenvalue weighted by molar-refractivity contribution is -0.117. The van der Waals surface area contributed by atoms with Gasteiger partial charge in [0.15, 0.2) is 0 Å². The number of thiophene rings is 1. The predicted octanol–water partition coefficient (Wildman–Crippen LogP) is 3.21. The van der Waals surface area contributed by atoms with Crippen LogP contribution in [0.1, 0.15) is 54.7 Å². The lowest BCUT2D eigenvalue weighted by Gasteiger charge is -2.24. The zero-order valence-corrected chi connectivity index (χ0v) is 14.5. The van der Waals surface area contributed by atoms with E-state index in [4.69, 9.17) is 0 Å². The van der Waals surface area contributed by atoms with Gasteiger partial charge in [-0.2, -0.15) is 5.10 Å². The van der Waals surface area contributed by atoms with Gasteiger partial charge in [-0.1, -0.05) is 25.3 Å². The summed E-state index contributed by atoms with van der Waals surface area (Å²) in [4.78, 5) is 25.0. The van der Waals surface area contributed by atoms with E-state index < -0.39 is 6.04 Å². The van der Waals surface area contributed by atoms with Crippen LogP contribution >= 0.6 is 11.3 Å². The van der Waals surface area contributed by atoms with Crippen LogP contribution in [0.3, 0.4) is 0 Å². The van der Waals surface area contributed by atoms with Crippen LogP contribution in [0.5, 0.6) is 0 Å². The highest BCUT2D eigenvalue weighted by Crippen LogP contribution is 2.29. The summed E-state index contributed by atoms with van der Waals surface area (Å²) < 4.78 is 1.91. The molecule has 2 amide bonds. The summed E-state index contributed by atoms with van der Waals surface area (Å²) in [6, 6.07) is 5.09. The number of nitrogens with one attached hydrogen (secondary N) is 2. The fourth-order valence-electron chi connectivity index (χ4n) is 3.01. The summed E-state index contributed by atoms with van der Waals surface area (Å²) in [6.45, 7) is 1.68. The van der Waals surface area contributed by atoms with Crippen LogP contribution in [0.25, 0.3) is 0 Å². The molecule has 0 saturated heterocycles. The van der Waals surface area contributed by atoms with Gasteiger partial charge in [0.25, 0.3) is 5.91 Å². The first kappa shape index (κ1) is 16.7. The molecule has 1 atom stereocenters. The Morgan fingerprint density at radius 3 is 2.79 bits per heavy atom. The van der Waals surface area contributed by atoms with E-state index >= 15 is 0 Å². The van der Waals surface area contributed by atoms with Gasteiger partial charge in [-0.15, -0.1) is 11.3 Å². The maximum absolute atomic E-state index is 12.4. The predicted molar refractivity (Wildman–Crippen MR) is 94.2 cm³/mol. The second-order valence-electron chi connectivity index (χ2n) is 6.11. The molecule has 6 nitrogen and oxygen atoms in total. The Labute approximate surface area is 145 Å². The Hall–Kier alpha value is -2.15. The summed E-state index contributed by atoms with van der Waals surface area (Å²) in [5.41, 5.74) is 0. The number of hydrogen-bond donors (Lipinski definition) is 2. The highest BCUT2D eigenvalue weighted by Gasteiger charge is 2.22. The van der Waals surface area contributed by atoms with E-state index in [1.807, 2.05) is 16.1 Å². The van der Waals surface area contributed by atoms with Gasteiger partial charge < -0.3 is 10.6 Å². The molecule has 0 bridgehead atoms. The summed E-state index contributed by atoms with van der Waals surface area (Å²) in [5, 5.41) is 11.8. The number of carbonyl (C=O) groups is 2. The molecule has 3 rings (SSSR count). The fourth-order valence-corrected chi connectivity index (χ4v) is 3.63. The van der Waals surface area contributed by atoms with Crippen molar-refractivity contribution in [1.29, 1.82) is 0 Å². The number of amides is 2. The van der Waals surface area contributed by atoms with E-state index in [9.17, 15) is 9.59 Å². The second kappa shape index (κ2) is 7.61. The van der Waals surface area contributed by atoms with Gasteiger partial charge >= 0.3 is 0 Å². The Balaban J connectivity index is 1.60. The largest absolute Gasteiger partial charge is 0.340 e. The molecule has 7 heteroatoms. The molecule has 2 N–H and O–H groups in total. The van der Waals surface area contributed by atoms with Crippen molar-refractivity contribution in [2.45, 2.75) is 51.1 Å². The summed E-state index contributed by atoms with van der Waals surface area (Å²) in [6.07, 6.45) is 7.56. The quantitative estimate of drug-likeness (QED) is 0.873. The normalized spacial score (nSPS) is 16.5. The molecule has 24 heavy (non-hydrogen) atoms. The van der Waals surface area contributed by atoms with Gasteiger partial charge in [0.2, 0.25) is 5.91 Å². The standard InChI is InChI=1S/C17H22N4O2S/c1-12(19-17(23)14-8-5-11-24-14)16(22)20-15-9-10-18-21(15)13-6-3-2-4-7-13/h5,8-13H,2-4,6-7H2,1H3,(H,19,23)(H,20,22)/t12-/m1/s1. The molecule has 2 aromatic heterocycles. The Morgan fingerprint density at radius 1 is 1.29 bits per heavy atom. The van der Waals surface area contributed by atoms with Gasteiger partial charge in [-0.25, -0.2) is 4.68 Å². The van der Waals surface area contributed by atoms with Gasteiger partial charge in [-0.05, 0) is 31.2 Å². The van der Waals surface area contributed by atoms with Crippen molar-refractivity contribution >= 4 is 29.0 Å². The first-order valence-electron chi connectivity index (χ1n) is 8.34. The number of hydrogen-bond acceptors (Lipinski definition) is 4. The molecule has 2 heterocycles. The molecule has 0 aliphatic heterocycles. The third kappa shape index (κ3) is 3.84. The van der Waals surface area contributed by atoms with Gasteiger partial charge in [0.05, 0.1) is 17.1 Å². The topological polar surface area (TPSA) is 76.0 Å². The molecule has 0 aromatic carbocycles. The minimum atomic E-state index is -0.616. The molecule has 0 radical (unpaired) electrons. The maximum Gasteiger partial charge on any atom is 0.261 e. The third-order valence-corrected chi connectivity index (χ3v) is 5.20. The highest BCUT2D eigenvalue weighted by molar-refractivity contribution is 7.12. The van der Waals surface area contributed by atoms with Crippen LogP contribution in [0, 0.1) is 0 Å². The highest BCUT2D eigenvalue weighted by atomic mass is 32.1. The lowest BCUT2D eigenvalue weighted by Crippen LogP contribution is -2.41. The van der Waals surface area contributed by atoms with Crippen LogP contribution in [-0.2, 0) is 4.79 Å². The number of carbonyl (C=O) groups excluding carboxylic acids is 2. The van der Waals surface area contributed by atoms with Crippen LogP contribution in [0.2, 0.25) is 0 Å². The Kier molecular flexibility index (Phi) is 5.30. The van der Waals surface area contributed by atoms with Crippen molar-refractivity contribution in [2.75, 3.05) is 5.32 Å². The summed E-state index contributed by atoms with van der Waals surface area (Å²) >= 11 is 1.35. The van der Waals surface area contributed by atoms with Crippen molar-refractivity contribution in [3.05, 3.63) is 34.7 Å². The molecule has 1 fully saturated rings. The molecule has 128 valence electrons. The van der Waals surface area contributed by atoms with E-state index in [-0.39, 0.29) is 11.8 Å². The minimum absolute atomic E-state index is 0.228. The molecular formula is C17H22N4O2S. The van der Waals surface area contributed by atoms with Crippen molar-refractivity contribution in [1.82, 2.24) is 15.1 Å². The van der Waals surface area contributed by atoms with Gasteiger partial charge in [0.1, 0.15) is 11.9 Å². The van der Waals surface area contributed by atoms with E-state index in [0.717, 1.165) is 12.8 Å². The molecule has 1 saturated carbocycles. The third-order valence-electron chi connectivity index (χ3n) is 4.33. The van der Waals surface area contributed by atoms with Crippen molar-refractivity contribution < 1.29 is 9.59 Å². The van der Waals surface area contributed by atoms with Crippen LogP contribution in [-0.4, -0.2) is 27.6 Å². The number of rotatable bonds is 5. The Bertz CT molecular complexity index is 689. The minimum Gasteiger partial charge on any atom is -0.340 e. The number of aromatic nitrogens is 2. The number of nitrogens with zero attached hydrogens (tertiary/aromatic N) is 2. The SMILES string of the molecule is C[C@@H](NC(=O)c1cccs1)C(=O)Nc1ccnn1C1CCCCC1. The van der Waals surface area contributed by atoms with E-state index in [2.05, 4.69) is 15.7 Å². The summed E-state index contributed by atoms with van der Waals surface area (Å²) in [7, 11) is 0. The van der Waals surface area contributed by atoms with Gasteiger partial charge in [-0.3, -0.25) is 9.59 Å². The zero-order valence-electron chi connectivity index (χ0n) is 13.7. The van der Waals surface area contributed by atoms with E-state index in [1.54, 1.807) is 25.3 Å². The Morgan fingerprint density at radius 2 is 2.08 bits per heavy atom. The molecule has 2 aromatic rings. The fraction of sp³-hybridized carbons (Fsp3) is 0.471. The zero-order chi connectivity index (χ0) is 16.9. The van der Waals surface area contributed by atoms with Crippen LogP contribution < -0.4 is 10.6 Å². The van der Waals surface area contributed by atoms with E-state index in [0.29, 0.717) is 16.7 Å². The second-order valence-corrected chi connectivity index (χ2v) is 7.06. The van der Waals surface area contributed by atoms with E-state index in [1.165, 1.54) is 30.6 Å². The number of anilines is 1. The van der Waals surface area contributed by atoms with Gasteiger partial charge in [0, 0.05) is 6.07 Å². The average Bonchev–Trinajstić information content (AvgIpc) is 3.27. The first-order chi connectivity index (χ1) is 11.6. The van der Waals surface area contributed by atoms with Crippen molar-refractivity contribution in [3.63, 3.8) is 0 Å². The average molecular weight is 346 g/mol. The molecule has 1 aliphatic rings. The maximum atomic E-state index is 12.4. The summed E-state index contributed by atoms with van der Waals surface area (Å²) in [5.74, 6) is 0.232. The van der Waals surface area contributed by atoms with Crippen molar-refractivity contribution in [3.8, 4) is 0 Å². The van der Waals surface area contributed by atoms with Crippen LogP contribution in [0.15, 0.2) is 29.8 Å². The smallest absolute Gasteiger partial charge is 0.261 e. The lowest BCUT2D eigenvalue weighted by atomic mass is 9.96. The monoisotopic (exact) mass is 346 g/mol. The molecule has 0 unspecified atom stereocenters. The molecule has 1 aliphatic carbocycles. The first-order valence-corrected chi connectivity index (χ1v) is 9.22. The molecule has 0 spiro atoms.